The number of aliphatic hydroxyl groups is 7. The van der Waals surface area contributed by atoms with E-state index in [9.17, 15) is 50.4 Å². The first-order chi connectivity index (χ1) is 23.4. The number of fused-ring (bicyclic) bond motifs is 1. The average molecular weight is 697 g/mol. The van der Waals surface area contributed by atoms with E-state index in [1.54, 1.807) is 18.2 Å². The number of ether oxygens (including phenoxy) is 7. The first kappa shape index (κ1) is 36.8. The zero-order valence-electron chi connectivity index (χ0n) is 26.2. The van der Waals surface area contributed by atoms with Gasteiger partial charge in [-0.25, -0.2) is 9.59 Å². The van der Waals surface area contributed by atoms with Crippen LogP contribution in [0.3, 0.4) is 0 Å². The molecule has 13 atom stereocenters. The molecule has 3 heterocycles. The maximum Gasteiger partial charge on any atom is 0.337 e. The molecule has 0 aromatic heterocycles. The summed E-state index contributed by atoms with van der Waals surface area (Å²) >= 11 is 0. The number of aliphatic hydroxyl groups excluding tert-OH is 7. The predicted molar refractivity (Wildman–Crippen MR) is 160 cm³/mol. The molecule has 4 aliphatic rings. The monoisotopic (exact) mass is 696 g/mol. The number of carbonyl (C=O) groups excluding carboxylic acids is 2. The van der Waals surface area contributed by atoms with Gasteiger partial charge in [0.05, 0.1) is 38.1 Å². The second-order valence-electron chi connectivity index (χ2n) is 11.9. The molecule has 0 saturated carbocycles. The number of hydrogen-bond acceptors (Lipinski definition) is 17. The summed E-state index contributed by atoms with van der Waals surface area (Å²) in [6.45, 7) is -1.51. The van der Waals surface area contributed by atoms with Crippen LogP contribution in [0, 0.1) is 11.8 Å². The second-order valence-corrected chi connectivity index (χ2v) is 11.9. The van der Waals surface area contributed by atoms with Gasteiger partial charge >= 0.3 is 11.9 Å². The van der Waals surface area contributed by atoms with Crippen LogP contribution in [0.15, 0.2) is 53.8 Å². The third-order valence-electron chi connectivity index (χ3n) is 8.85. The van der Waals surface area contributed by atoms with E-state index in [0.29, 0.717) is 17.6 Å². The van der Waals surface area contributed by atoms with E-state index in [0.717, 1.165) is 12.3 Å². The van der Waals surface area contributed by atoms with Crippen molar-refractivity contribution in [1.82, 2.24) is 0 Å². The number of phenols is 1. The van der Waals surface area contributed by atoms with Crippen molar-refractivity contribution < 1.29 is 83.6 Å². The van der Waals surface area contributed by atoms with Crippen LogP contribution in [-0.4, -0.2) is 147 Å². The molecular weight excluding hydrogens is 656 g/mol. The Balaban J connectivity index is 1.19. The number of methoxy groups -OCH3 is 1. The average Bonchev–Trinajstić information content (AvgIpc) is 3.55. The highest BCUT2D eigenvalue weighted by molar-refractivity contribution is 5.89. The van der Waals surface area contributed by atoms with E-state index in [2.05, 4.69) is 0 Å². The van der Waals surface area contributed by atoms with Gasteiger partial charge in [-0.15, -0.1) is 0 Å². The molecule has 8 N–H and O–H groups in total. The van der Waals surface area contributed by atoms with Crippen LogP contribution >= 0.6 is 0 Å². The topological polar surface area (TPSA) is 261 Å². The molecule has 5 rings (SSSR count). The molecule has 2 saturated heterocycles. The van der Waals surface area contributed by atoms with Crippen molar-refractivity contribution in [3.8, 4) is 5.75 Å². The van der Waals surface area contributed by atoms with Crippen LogP contribution in [-0.2, 0) is 42.7 Å². The lowest BCUT2D eigenvalue weighted by Gasteiger charge is -2.44. The third-order valence-corrected chi connectivity index (χ3v) is 8.85. The predicted octanol–water partition coefficient (Wildman–Crippen LogP) is -2.43. The Morgan fingerprint density at radius 1 is 0.857 bits per heavy atom. The molecule has 270 valence electrons. The zero-order valence-corrected chi connectivity index (χ0v) is 26.2. The van der Waals surface area contributed by atoms with Gasteiger partial charge in [0.1, 0.15) is 61.2 Å². The normalized spacial score (nSPS) is 37.5. The van der Waals surface area contributed by atoms with Gasteiger partial charge in [0.25, 0.3) is 0 Å². The van der Waals surface area contributed by atoms with Gasteiger partial charge in [-0.3, -0.25) is 0 Å². The summed E-state index contributed by atoms with van der Waals surface area (Å²) in [5.41, 5.74) is 1.32. The fourth-order valence-corrected chi connectivity index (χ4v) is 6.06. The molecule has 17 nitrogen and oxygen atoms in total. The molecule has 2 fully saturated rings. The minimum absolute atomic E-state index is 0.0487. The number of esters is 2. The lowest BCUT2D eigenvalue weighted by Crippen LogP contribution is -2.62. The maximum atomic E-state index is 12.3. The summed E-state index contributed by atoms with van der Waals surface area (Å²) in [4.78, 5) is 24.5. The van der Waals surface area contributed by atoms with E-state index in [1.807, 2.05) is 0 Å². The Kier molecular flexibility index (Phi) is 12.1. The van der Waals surface area contributed by atoms with Crippen LogP contribution in [0.2, 0.25) is 0 Å². The first-order valence-corrected chi connectivity index (χ1v) is 15.5. The number of carbonyl (C=O) groups is 2. The molecule has 1 aromatic carbocycles. The Morgan fingerprint density at radius 2 is 1.49 bits per heavy atom. The van der Waals surface area contributed by atoms with Crippen molar-refractivity contribution in [3.05, 3.63) is 59.4 Å². The van der Waals surface area contributed by atoms with Crippen LogP contribution in [0.1, 0.15) is 12.0 Å². The molecular formula is C32H40O17. The van der Waals surface area contributed by atoms with E-state index < -0.39 is 105 Å². The van der Waals surface area contributed by atoms with Crippen LogP contribution < -0.4 is 0 Å². The summed E-state index contributed by atoms with van der Waals surface area (Å²) in [5, 5.41) is 82.6. The van der Waals surface area contributed by atoms with Gasteiger partial charge in [0.15, 0.2) is 12.6 Å². The SMILES string of the molecule is COC(=O)C1=CO[C@@H](O[C@@H]2O[C@H](CO[C@@H]3O[C@H](COC(=O)/C=C/c4ccc(O)cc4)[C@@H](O)[C@H](O)[C@H]3O)[C@@H](O)[C@H](O)[C@H]2O)[C@@H]2C(CO)=CC[C@H]12. The van der Waals surface area contributed by atoms with Gasteiger partial charge in [0, 0.05) is 12.0 Å². The largest absolute Gasteiger partial charge is 0.508 e. The summed E-state index contributed by atoms with van der Waals surface area (Å²) in [7, 11) is 1.22. The highest BCUT2D eigenvalue weighted by Gasteiger charge is 2.51. The maximum absolute atomic E-state index is 12.3. The minimum atomic E-state index is -1.81. The van der Waals surface area contributed by atoms with E-state index in [-0.39, 0.29) is 17.9 Å². The lowest BCUT2D eigenvalue weighted by molar-refractivity contribution is -0.352. The van der Waals surface area contributed by atoms with Crippen molar-refractivity contribution in [2.24, 2.45) is 11.8 Å². The van der Waals surface area contributed by atoms with E-state index >= 15 is 0 Å². The standard InChI is InChI=1S/C32H40O17/c1-43-29(42)18-11-45-30(22-15(10-33)5-8-17(18)22)49-32-28(41)26(39)24(37)20(48-32)13-46-31-27(40)25(38)23(36)19(47-31)12-44-21(35)9-4-14-2-6-16(34)7-3-14/h2-7,9,11,17,19-20,22-28,30-34,36-41H,8,10,12-13H2,1H3/b9-4+/t17-,19-,20-,22-,23-,24-,25+,26+,27-,28-,30+,31-,32+/m1/s1. The quantitative estimate of drug-likeness (QED) is 0.0679. The van der Waals surface area contributed by atoms with Crippen molar-refractivity contribution in [1.29, 1.82) is 0 Å². The molecule has 49 heavy (non-hydrogen) atoms. The lowest BCUT2D eigenvalue weighted by atomic mass is 9.83. The van der Waals surface area contributed by atoms with E-state index in [4.69, 9.17) is 33.2 Å². The number of benzene rings is 1. The first-order valence-electron chi connectivity index (χ1n) is 15.5. The van der Waals surface area contributed by atoms with Gasteiger partial charge in [-0.05, 0) is 35.8 Å². The molecule has 1 aromatic rings. The Labute approximate surface area is 279 Å². The number of phenolic OH excluding ortho intramolecular Hbond substituents is 1. The van der Waals surface area contributed by atoms with Crippen LogP contribution in [0.4, 0.5) is 0 Å². The Morgan fingerprint density at radius 3 is 2.14 bits per heavy atom. The number of rotatable bonds is 11. The highest BCUT2D eigenvalue weighted by atomic mass is 16.8. The molecule has 0 unspecified atom stereocenters. The molecule has 3 aliphatic heterocycles. The van der Waals surface area contributed by atoms with Crippen molar-refractivity contribution in [3.63, 3.8) is 0 Å². The Hall–Kier alpha value is -3.46. The minimum Gasteiger partial charge on any atom is -0.508 e. The fourth-order valence-electron chi connectivity index (χ4n) is 6.06. The molecule has 0 bridgehead atoms. The van der Waals surface area contributed by atoms with Gasteiger partial charge in [-0.2, -0.15) is 0 Å². The molecule has 0 amide bonds. The van der Waals surface area contributed by atoms with Crippen LogP contribution in [0.5, 0.6) is 5.75 Å². The van der Waals surface area contributed by atoms with Gasteiger partial charge in [-0.1, -0.05) is 18.2 Å². The summed E-state index contributed by atoms with van der Waals surface area (Å²) in [5.74, 6) is -2.54. The molecule has 0 spiro atoms. The highest BCUT2D eigenvalue weighted by Crippen LogP contribution is 2.44. The number of allylic oxidation sites excluding steroid dienone is 1. The summed E-state index contributed by atoms with van der Waals surface area (Å²) in [6, 6.07) is 5.98. The van der Waals surface area contributed by atoms with Crippen LogP contribution in [0.25, 0.3) is 6.08 Å². The number of hydrogen-bond donors (Lipinski definition) is 8. The van der Waals surface area contributed by atoms with Crippen molar-refractivity contribution >= 4 is 18.0 Å². The molecule has 0 radical (unpaired) electrons. The second kappa shape index (κ2) is 16.0. The zero-order chi connectivity index (χ0) is 35.4. The van der Waals surface area contributed by atoms with E-state index in [1.165, 1.54) is 25.3 Å². The molecule has 17 heteroatoms. The van der Waals surface area contributed by atoms with Crippen molar-refractivity contribution in [2.45, 2.75) is 74.1 Å². The molecule has 1 aliphatic carbocycles. The smallest absolute Gasteiger partial charge is 0.337 e. The Bertz CT molecular complexity index is 1390. The number of aromatic hydroxyl groups is 1. The third kappa shape index (κ3) is 8.13. The van der Waals surface area contributed by atoms with Crippen molar-refractivity contribution in [2.75, 3.05) is 26.9 Å². The fraction of sp³-hybridized carbons (Fsp3) is 0.562. The van der Waals surface area contributed by atoms with Gasteiger partial charge in [0.2, 0.25) is 6.29 Å². The summed E-state index contributed by atoms with van der Waals surface area (Å²) in [6.07, 6.45) is -12.0. The summed E-state index contributed by atoms with van der Waals surface area (Å²) < 4.78 is 38.3. The van der Waals surface area contributed by atoms with Gasteiger partial charge < -0.3 is 74.0 Å².